The molecule has 0 saturated heterocycles. The second kappa shape index (κ2) is 5.50. The quantitative estimate of drug-likeness (QED) is 0.746. The molecule has 94 valence electrons. The van der Waals surface area contributed by atoms with Gasteiger partial charge in [0.15, 0.2) is 0 Å². The van der Waals surface area contributed by atoms with E-state index >= 15 is 0 Å². The summed E-state index contributed by atoms with van der Waals surface area (Å²) in [5.41, 5.74) is 0.598. The summed E-state index contributed by atoms with van der Waals surface area (Å²) >= 11 is 0. The van der Waals surface area contributed by atoms with Crippen molar-refractivity contribution in [3.8, 4) is 0 Å². The van der Waals surface area contributed by atoms with Crippen LogP contribution >= 0.6 is 0 Å². The van der Waals surface area contributed by atoms with Gasteiger partial charge in [-0.2, -0.15) is 0 Å². The van der Waals surface area contributed by atoms with Crippen LogP contribution in [0.3, 0.4) is 0 Å². The average molecular weight is 224 g/mol. The molecule has 0 aromatic carbocycles. The SMILES string of the molecule is CCNCC1(CN(C)C2CCC2)CCCC1. The molecule has 0 atom stereocenters. The van der Waals surface area contributed by atoms with Crippen LogP contribution in [0.2, 0.25) is 0 Å². The molecule has 0 amide bonds. The second-order valence-corrected chi connectivity index (χ2v) is 5.99. The first-order valence-corrected chi connectivity index (χ1v) is 7.17. The van der Waals surface area contributed by atoms with Gasteiger partial charge in [0.2, 0.25) is 0 Å². The molecule has 2 rings (SSSR count). The van der Waals surface area contributed by atoms with Crippen LogP contribution in [0.1, 0.15) is 51.9 Å². The van der Waals surface area contributed by atoms with E-state index in [2.05, 4.69) is 24.2 Å². The molecule has 2 nitrogen and oxygen atoms in total. The van der Waals surface area contributed by atoms with Crippen LogP contribution in [0, 0.1) is 5.41 Å². The molecule has 2 aliphatic rings. The monoisotopic (exact) mass is 224 g/mol. The molecule has 16 heavy (non-hydrogen) atoms. The highest BCUT2D eigenvalue weighted by atomic mass is 15.1. The molecule has 0 aromatic heterocycles. The first-order chi connectivity index (χ1) is 7.76. The van der Waals surface area contributed by atoms with Gasteiger partial charge in [-0.1, -0.05) is 26.2 Å². The first-order valence-electron chi connectivity index (χ1n) is 7.17. The van der Waals surface area contributed by atoms with Gasteiger partial charge in [-0.25, -0.2) is 0 Å². The van der Waals surface area contributed by atoms with E-state index in [4.69, 9.17) is 0 Å². The Bertz CT molecular complexity index is 205. The predicted molar refractivity (Wildman–Crippen MR) is 69.7 cm³/mol. The maximum Gasteiger partial charge on any atom is 0.00924 e. The summed E-state index contributed by atoms with van der Waals surface area (Å²) in [5, 5.41) is 3.58. The van der Waals surface area contributed by atoms with Crippen molar-refractivity contribution in [3.05, 3.63) is 0 Å². The predicted octanol–water partition coefficient (Wildman–Crippen LogP) is 2.64. The summed E-state index contributed by atoms with van der Waals surface area (Å²) in [4.78, 5) is 2.64. The maximum atomic E-state index is 3.58. The fraction of sp³-hybridized carbons (Fsp3) is 1.00. The molecule has 0 radical (unpaired) electrons. The highest BCUT2D eigenvalue weighted by molar-refractivity contribution is 4.91. The minimum atomic E-state index is 0.598. The number of hydrogen-bond acceptors (Lipinski definition) is 2. The minimum absolute atomic E-state index is 0.598. The van der Waals surface area contributed by atoms with E-state index in [0.29, 0.717) is 5.41 Å². The van der Waals surface area contributed by atoms with Crippen LogP contribution in [0.25, 0.3) is 0 Å². The van der Waals surface area contributed by atoms with Gasteiger partial charge in [0.25, 0.3) is 0 Å². The first kappa shape index (κ1) is 12.4. The van der Waals surface area contributed by atoms with Crippen molar-refractivity contribution in [2.45, 2.75) is 57.9 Å². The minimum Gasteiger partial charge on any atom is -0.316 e. The summed E-state index contributed by atoms with van der Waals surface area (Å²) in [6, 6.07) is 0.902. The largest absolute Gasteiger partial charge is 0.316 e. The molecule has 1 N–H and O–H groups in total. The lowest BCUT2D eigenvalue weighted by molar-refractivity contribution is 0.0941. The van der Waals surface area contributed by atoms with Gasteiger partial charge in [0, 0.05) is 19.1 Å². The fourth-order valence-electron chi connectivity index (χ4n) is 3.39. The van der Waals surface area contributed by atoms with Gasteiger partial charge < -0.3 is 10.2 Å². The second-order valence-electron chi connectivity index (χ2n) is 5.99. The van der Waals surface area contributed by atoms with E-state index in [1.165, 1.54) is 58.0 Å². The van der Waals surface area contributed by atoms with Gasteiger partial charge in [-0.15, -0.1) is 0 Å². The molecule has 0 spiro atoms. The van der Waals surface area contributed by atoms with Crippen molar-refractivity contribution >= 4 is 0 Å². The highest BCUT2D eigenvalue weighted by Crippen LogP contribution is 2.39. The normalized spacial score (nSPS) is 24.9. The highest BCUT2D eigenvalue weighted by Gasteiger charge is 2.36. The zero-order valence-electron chi connectivity index (χ0n) is 11.1. The average Bonchev–Trinajstić information content (AvgIpc) is 2.61. The van der Waals surface area contributed by atoms with Crippen molar-refractivity contribution in [1.29, 1.82) is 0 Å². The number of nitrogens with one attached hydrogen (secondary N) is 1. The summed E-state index contributed by atoms with van der Waals surface area (Å²) in [5.74, 6) is 0. The molecular weight excluding hydrogens is 196 g/mol. The Morgan fingerprint density at radius 1 is 1.19 bits per heavy atom. The third-order valence-electron chi connectivity index (χ3n) is 4.70. The lowest BCUT2D eigenvalue weighted by atomic mass is 9.83. The van der Waals surface area contributed by atoms with Crippen LogP contribution in [0.4, 0.5) is 0 Å². The molecule has 0 heterocycles. The molecule has 2 heteroatoms. The Morgan fingerprint density at radius 2 is 1.88 bits per heavy atom. The summed E-state index contributed by atoms with van der Waals surface area (Å²) < 4.78 is 0. The lowest BCUT2D eigenvalue weighted by Crippen LogP contribution is -2.46. The molecule has 0 aliphatic heterocycles. The van der Waals surface area contributed by atoms with E-state index in [9.17, 15) is 0 Å². The van der Waals surface area contributed by atoms with Gasteiger partial charge in [0.05, 0.1) is 0 Å². The van der Waals surface area contributed by atoms with Crippen molar-refractivity contribution in [2.75, 3.05) is 26.7 Å². The van der Waals surface area contributed by atoms with Crippen LogP contribution in [0.5, 0.6) is 0 Å². The maximum absolute atomic E-state index is 3.58. The summed E-state index contributed by atoms with van der Waals surface area (Å²) in [6.07, 6.45) is 10.1. The third kappa shape index (κ3) is 2.78. The van der Waals surface area contributed by atoms with E-state index in [1.54, 1.807) is 0 Å². The fourth-order valence-corrected chi connectivity index (χ4v) is 3.39. The molecule has 2 aliphatic carbocycles. The molecule has 0 bridgehead atoms. The van der Waals surface area contributed by atoms with Crippen LogP contribution in [0.15, 0.2) is 0 Å². The summed E-state index contributed by atoms with van der Waals surface area (Å²) in [7, 11) is 2.34. The van der Waals surface area contributed by atoms with Crippen molar-refractivity contribution in [2.24, 2.45) is 5.41 Å². The molecule has 2 saturated carbocycles. The molecule has 2 fully saturated rings. The Balaban J connectivity index is 1.85. The van der Waals surface area contributed by atoms with Gasteiger partial charge in [0.1, 0.15) is 0 Å². The van der Waals surface area contributed by atoms with E-state index in [-0.39, 0.29) is 0 Å². The molecular formula is C14H28N2. The van der Waals surface area contributed by atoms with E-state index in [1.807, 2.05) is 0 Å². The molecule has 0 unspecified atom stereocenters. The van der Waals surface area contributed by atoms with Crippen LogP contribution < -0.4 is 5.32 Å². The van der Waals surface area contributed by atoms with Gasteiger partial charge in [-0.3, -0.25) is 0 Å². The van der Waals surface area contributed by atoms with E-state index < -0.39 is 0 Å². The zero-order chi connectivity index (χ0) is 11.4. The molecule has 0 aromatic rings. The lowest BCUT2D eigenvalue weighted by Gasteiger charge is -2.41. The topological polar surface area (TPSA) is 15.3 Å². The van der Waals surface area contributed by atoms with E-state index in [0.717, 1.165) is 12.6 Å². The van der Waals surface area contributed by atoms with Gasteiger partial charge >= 0.3 is 0 Å². The standard InChI is InChI=1S/C14H28N2/c1-3-15-11-14(9-4-5-10-14)12-16(2)13-7-6-8-13/h13,15H,3-12H2,1-2H3. The van der Waals surface area contributed by atoms with Gasteiger partial charge in [-0.05, 0) is 44.7 Å². The summed E-state index contributed by atoms with van der Waals surface area (Å²) in [6.45, 7) is 5.90. The Morgan fingerprint density at radius 3 is 2.38 bits per heavy atom. The number of hydrogen-bond donors (Lipinski definition) is 1. The smallest absolute Gasteiger partial charge is 0.00924 e. The number of nitrogens with zero attached hydrogens (tertiary/aromatic N) is 1. The third-order valence-corrected chi connectivity index (χ3v) is 4.70. The number of rotatable bonds is 6. The Hall–Kier alpha value is -0.0800. The van der Waals surface area contributed by atoms with Crippen molar-refractivity contribution < 1.29 is 0 Å². The Kier molecular flexibility index (Phi) is 4.26. The van der Waals surface area contributed by atoms with Crippen molar-refractivity contribution in [1.82, 2.24) is 10.2 Å². The Labute approximate surface area is 101 Å². The van der Waals surface area contributed by atoms with Crippen LogP contribution in [-0.2, 0) is 0 Å². The van der Waals surface area contributed by atoms with Crippen molar-refractivity contribution in [3.63, 3.8) is 0 Å². The zero-order valence-corrected chi connectivity index (χ0v) is 11.1. The van der Waals surface area contributed by atoms with Crippen LogP contribution in [-0.4, -0.2) is 37.6 Å².